The molecule has 3 aliphatic heterocycles. The highest BCUT2D eigenvalue weighted by atomic mass is 35.5. The Balaban J connectivity index is 1.15. The number of carbonyl (C=O) groups is 1. The SMILES string of the molecule is O=C(/C=C/c1cc(F)cc(F)c1)N1CC[C@@](O)([C@@H](O)CN2CCC3(CC2)CNc2cc(Cl)ccc23)[C@@H](O)C1. The first-order valence-electron chi connectivity index (χ1n) is 12.9. The zero-order valence-electron chi connectivity index (χ0n) is 20.9. The Kier molecular flexibility index (Phi) is 7.50. The van der Waals surface area contributed by atoms with E-state index in [1.54, 1.807) is 0 Å². The average molecular weight is 548 g/mol. The fourth-order valence-electron chi connectivity index (χ4n) is 5.97. The maximum absolute atomic E-state index is 13.4. The molecule has 2 aromatic rings. The molecule has 5 rings (SSSR count). The van der Waals surface area contributed by atoms with Gasteiger partial charge in [0, 0.05) is 54.4 Å². The lowest BCUT2D eigenvalue weighted by Crippen LogP contribution is -2.64. The molecule has 2 saturated heterocycles. The fourth-order valence-corrected chi connectivity index (χ4v) is 6.14. The number of likely N-dealkylation sites (tertiary alicyclic amines) is 2. The molecule has 0 bridgehead atoms. The van der Waals surface area contributed by atoms with E-state index in [4.69, 9.17) is 11.6 Å². The molecular formula is C28H32ClF2N3O4. The standard InChI is InChI=1S/C28H32ClF2N3O4/c29-19-2-3-22-23(13-19)32-17-27(22)5-8-33(9-6-27)15-24(35)28(38)7-10-34(16-25(28)36)26(37)4-1-18-11-20(30)14-21(31)12-18/h1-4,11-14,24-25,32,35-36,38H,5-10,15-17H2/b4-1+/t24-,25-,28+/m0/s1. The minimum Gasteiger partial charge on any atom is -0.389 e. The normalized spacial score (nSPS) is 25.9. The largest absolute Gasteiger partial charge is 0.389 e. The van der Waals surface area contributed by atoms with Crippen LogP contribution in [0.2, 0.25) is 5.02 Å². The highest BCUT2D eigenvalue weighted by molar-refractivity contribution is 6.30. The lowest BCUT2D eigenvalue weighted by Gasteiger charge is -2.46. The smallest absolute Gasteiger partial charge is 0.246 e. The highest BCUT2D eigenvalue weighted by Gasteiger charge is 2.48. The number of aliphatic hydroxyl groups excluding tert-OH is 2. The molecule has 0 saturated carbocycles. The Morgan fingerprint density at radius 2 is 1.84 bits per heavy atom. The molecule has 1 amide bonds. The van der Waals surface area contributed by atoms with Crippen molar-refractivity contribution in [2.75, 3.05) is 44.6 Å². The summed E-state index contributed by atoms with van der Waals surface area (Å²) in [7, 11) is 0. The second kappa shape index (κ2) is 10.5. The van der Waals surface area contributed by atoms with Gasteiger partial charge < -0.3 is 30.4 Å². The van der Waals surface area contributed by atoms with Crippen molar-refractivity contribution in [2.45, 2.75) is 42.5 Å². The molecule has 38 heavy (non-hydrogen) atoms. The first-order chi connectivity index (χ1) is 18.1. The monoisotopic (exact) mass is 547 g/mol. The Hall–Kier alpha value is -2.56. The van der Waals surface area contributed by atoms with E-state index < -0.39 is 35.4 Å². The van der Waals surface area contributed by atoms with Gasteiger partial charge in [0.05, 0.1) is 6.10 Å². The van der Waals surface area contributed by atoms with E-state index in [0.29, 0.717) is 5.02 Å². The van der Waals surface area contributed by atoms with Crippen molar-refractivity contribution in [2.24, 2.45) is 0 Å². The number of hydrogen-bond acceptors (Lipinski definition) is 6. The molecule has 0 aliphatic carbocycles. The Morgan fingerprint density at radius 1 is 1.13 bits per heavy atom. The number of hydrogen-bond donors (Lipinski definition) is 4. The maximum atomic E-state index is 13.4. The lowest BCUT2D eigenvalue weighted by molar-refractivity contribution is -0.183. The van der Waals surface area contributed by atoms with Gasteiger partial charge in [0.15, 0.2) is 0 Å². The molecular weight excluding hydrogens is 516 g/mol. The van der Waals surface area contributed by atoms with E-state index in [2.05, 4.69) is 16.3 Å². The Morgan fingerprint density at radius 3 is 2.53 bits per heavy atom. The number of amides is 1. The van der Waals surface area contributed by atoms with Crippen molar-refractivity contribution in [3.63, 3.8) is 0 Å². The number of anilines is 1. The van der Waals surface area contributed by atoms with Crippen molar-refractivity contribution >= 4 is 29.3 Å². The maximum Gasteiger partial charge on any atom is 0.246 e. The summed E-state index contributed by atoms with van der Waals surface area (Å²) in [6, 6.07) is 8.90. The number of halogens is 3. The number of nitrogens with zero attached hydrogens (tertiary/aromatic N) is 2. The van der Waals surface area contributed by atoms with Gasteiger partial charge in [0.1, 0.15) is 23.3 Å². The van der Waals surface area contributed by atoms with E-state index in [-0.39, 0.29) is 37.0 Å². The summed E-state index contributed by atoms with van der Waals surface area (Å²) < 4.78 is 26.7. The quantitative estimate of drug-likeness (QED) is 0.430. The van der Waals surface area contributed by atoms with E-state index in [1.165, 1.54) is 22.6 Å². The molecule has 2 fully saturated rings. The zero-order chi connectivity index (χ0) is 27.1. The molecule has 2 aromatic carbocycles. The Labute approximate surface area is 225 Å². The lowest BCUT2D eigenvalue weighted by atomic mass is 9.74. The van der Waals surface area contributed by atoms with E-state index in [9.17, 15) is 28.9 Å². The highest BCUT2D eigenvalue weighted by Crippen LogP contribution is 2.45. The topological polar surface area (TPSA) is 96.3 Å². The van der Waals surface area contributed by atoms with Crippen LogP contribution in [-0.2, 0) is 10.2 Å². The number of fused-ring (bicyclic) bond motifs is 2. The fraction of sp³-hybridized carbons (Fsp3) is 0.464. The number of piperidine rings is 2. The van der Waals surface area contributed by atoms with Crippen LogP contribution in [0.1, 0.15) is 30.4 Å². The van der Waals surface area contributed by atoms with Gasteiger partial charge in [-0.25, -0.2) is 8.78 Å². The molecule has 3 heterocycles. The summed E-state index contributed by atoms with van der Waals surface area (Å²) in [5.74, 6) is -1.95. The predicted molar refractivity (Wildman–Crippen MR) is 141 cm³/mol. The van der Waals surface area contributed by atoms with Gasteiger partial charge in [-0.1, -0.05) is 17.7 Å². The summed E-state index contributed by atoms with van der Waals surface area (Å²) in [5.41, 5.74) is 0.810. The third-order valence-corrected chi connectivity index (χ3v) is 8.59. The number of carbonyl (C=O) groups excluding carboxylic acids is 1. The summed E-state index contributed by atoms with van der Waals surface area (Å²) >= 11 is 6.14. The first kappa shape index (κ1) is 27.0. The van der Waals surface area contributed by atoms with Crippen LogP contribution in [0.5, 0.6) is 0 Å². The molecule has 3 atom stereocenters. The van der Waals surface area contributed by atoms with Crippen molar-refractivity contribution in [3.05, 3.63) is 70.3 Å². The second-order valence-electron chi connectivity index (χ2n) is 10.7. The van der Waals surface area contributed by atoms with Gasteiger partial charge in [-0.3, -0.25) is 4.79 Å². The van der Waals surface area contributed by atoms with Crippen LogP contribution >= 0.6 is 11.6 Å². The number of aliphatic hydroxyl groups is 3. The van der Waals surface area contributed by atoms with Crippen LogP contribution in [0.3, 0.4) is 0 Å². The molecule has 204 valence electrons. The molecule has 0 aromatic heterocycles. The van der Waals surface area contributed by atoms with Gasteiger partial charge in [0.2, 0.25) is 5.91 Å². The summed E-state index contributed by atoms with van der Waals surface area (Å²) in [4.78, 5) is 16.0. The molecule has 0 radical (unpaired) electrons. The minimum absolute atomic E-state index is 0.000656. The van der Waals surface area contributed by atoms with E-state index in [0.717, 1.165) is 56.4 Å². The van der Waals surface area contributed by atoms with Crippen LogP contribution in [0, 0.1) is 11.6 Å². The average Bonchev–Trinajstić information content (AvgIpc) is 3.22. The number of nitrogens with one attached hydrogen (secondary N) is 1. The molecule has 0 unspecified atom stereocenters. The molecule has 3 aliphatic rings. The van der Waals surface area contributed by atoms with E-state index >= 15 is 0 Å². The number of rotatable bonds is 5. The molecule has 7 nitrogen and oxygen atoms in total. The molecule has 4 N–H and O–H groups in total. The summed E-state index contributed by atoms with van der Waals surface area (Å²) in [6.07, 6.45) is 1.73. The second-order valence-corrected chi connectivity index (χ2v) is 11.2. The van der Waals surface area contributed by atoms with E-state index in [1.807, 2.05) is 12.1 Å². The Bertz CT molecular complexity index is 1220. The summed E-state index contributed by atoms with van der Waals surface area (Å²) in [5, 5.41) is 37.0. The van der Waals surface area contributed by atoms with Gasteiger partial charge >= 0.3 is 0 Å². The van der Waals surface area contributed by atoms with Crippen molar-refractivity contribution in [1.29, 1.82) is 0 Å². The van der Waals surface area contributed by atoms with Crippen molar-refractivity contribution in [3.8, 4) is 0 Å². The third-order valence-electron chi connectivity index (χ3n) is 8.36. The number of β-amino-alcohol motifs (C(OH)–C–C–N with tert-alkyl or cyclic N) is 2. The van der Waals surface area contributed by atoms with Crippen LogP contribution in [-0.4, -0.2) is 88.1 Å². The van der Waals surface area contributed by atoms with Gasteiger partial charge in [0.25, 0.3) is 0 Å². The zero-order valence-corrected chi connectivity index (χ0v) is 21.7. The van der Waals surface area contributed by atoms with Gasteiger partial charge in [-0.15, -0.1) is 0 Å². The van der Waals surface area contributed by atoms with Crippen LogP contribution in [0.4, 0.5) is 14.5 Å². The van der Waals surface area contributed by atoms with Crippen LogP contribution in [0.15, 0.2) is 42.5 Å². The summed E-state index contributed by atoms with van der Waals surface area (Å²) in [6.45, 7) is 2.49. The number of benzene rings is 2. The van der Waals surface area contributed by atoms with Gasteiger partial charge in [-0.05, 0) is 73.8 Å². The van der Waals surface area contributed by atoms with Gasteiger partial charge in [-0.2, -0.15) is 0 Å². The van der Waals surface area contributed by atoms with Crippen LogP contribution in [0.25, 0.3) is 6.08 Å². The minimum atomic E-state index is -1.75. The third kappa shape index (κ3) is 5.31. The first-order valence-corrected chi connectivity index (χ1v) is 13.2. The van der Waals surface area contributed by atoms with Crippen molar-refractivity contribution < 1.29 is 28.9 Å². The van der Waals surface area contributed by atoms with Crippen LogP contribution < -0.4 is 5.32 Å². The predicted octanol–water partition coefficient (Wildman–Crippen LogP) is 2.78. The van der Waals surface area contributed by atoms with Crippen molar-refractivity contribution in [1.82, 2.24) is 9.80 Å². The molecule has 10 heteroatoms. The molecule has 1 spiro atoms.